The summed E-state index contributed by atoms with van der Waals surface area (Å²) in [4.78, 5) is 37.6. The van der Waals surface area contributed by atoms with Gasteiger partial charge in [0.05, 0.1) is 12.2 Å². The molecule has 0 aliphatic heterocycles. The first-order valence-corrected chi connectivity index (χ1v) is 10.9. The minimum absolute atomic E-state index is 0.0894. The molecule has 0 saturated heterocycles. The van der Waals surface area contributed by atoms with Crippen molar-refractivity contribution in [3.63, 3.8) is 0 Å². The minimum atomic E-state index is -0.586. The highest BCUT2D eigenvalue weighted by molar-refractivity contribution is 7.17. The zero-order valence-electron chi connectivity index (χ0n) is 17.4. The number of nitriles is 1. The van der Waals surface area contributed by atoms with Gasteiger partial charge in [-0.05, 0) is 61.9 Å². The quantitative estimate of drug-likeness (QED) is 0.398. The molecule has 2 N–H and O–H groups in total. The third-order valence-electron chi connectivity index (χ3n) is 4.79. The summed E-state index contributed by atoms with van der Waals surface area (Å²) in [7, 11) is 0. The Morgan fingerprint density at radius 3 is 2.52 bits per heavy atom. The molecule has 2 amide bonds. The Balaban J connectivity index is 1.85. The topological polar surface area (TPSA) is 108 Å². The van der Waals surface area contributed by atoms with Gasteiger partial charge < -0.3 is 15.4 Å². The molecule has 31 heavy (non-hydrogen) atoms. The van der Waals surface area contributed by atoms with Crippen LogP contribution in [0.4, 0.5) is 10.7 Å². The van der Waals surface area contributed by atoms with Crippen LogP contribution >= 0.6 is 11.3 Å². The summed E-state index contributed by atoms with van der Waals surface area (Å²) in [5.41, 5.74) is 2.52. The second-order valence-electron chi connectivity index (χ2n) is 7.06. The maximum absolute atomic E-state index is 12.8. The number of nitrogens with zero attached hydrogens (tertiary/aromatic N) is 1. The van der Waals surface area contributed by atoms with Gasteiger partial charge in [0, 0.05) is 17.5 Å². The normalized spacial score (nSPS) is 13.0. The summed E-state index contributed by atoms with van der Waals surface area (Å²) in [6.07, 6.45) is 5.13. The monoisotopic (exact) mass is 437 g/mol. The van der Waals surface area contributed by atoms with Crippen molar-refractivity contribution in [2.45, 2.75) is 39.5 Å². The molecule has 0 spiro atoms. The van der Waals surface area contributed by atoms with Gasteiger partial charge in [0.2, 0.25) is 5.91 Å². The molecule has 1 heterocycles. The van der Waals surface area contributed by atoms with Crippen molar-refractivity contribution in [2.75, 3.05) is 17.2 Å². The van der Waals surface area contributed by atoms with Gasteiger partial charge in [-0.15, -0.1) is 11.3 Å². The average Bonchev–Trinajstić information content (AvgIpc) is 3.10. The van der Waals surface area contributed by atoms with E-state index in [9.17, 15) is 19.6 Å². The van der Waals surface area contributed by atoms with Gasteiger partial charge in [-0.1, -0.05) is 12.1 Å². The lowest BCUT2D eigenvalue weighted by molar-refractivity contribution is -0.114. The van der Waals surface area contributed by atoms with Crippen molar-refractivity contribution >= 4 is 45.9 Å². The zero-order chi connectivity index (χ0) is 22.4. The molecule has 7 nitrogen and oxygen atoms in total. The van der Waals surface area contributed by atoms with Crippen LogP contribution in [0.3, 0.4) is 0 Å². The molecule has 1 aliphatic rings. The molecule has 0 atom stereocenters. The van der Waals surface area contributed by atoms with Crippen molar-refractivity contribution in [1.29, 1.82) is 5.26 Å². The van der Waals surface area contributed by atoms with Crippen molar-refractivity contribution in [3.05, 3.63) is 51.4 Å². The fraction of sp³-hybridized carbons (Fsp3) is 0.304. The number of hydrogen-bond acceptors (Lipinski definition) is 6. The molecule has 0 radical (unpaired) electrons. The lowest BCUT2D eigenvalue weighted by atomic mass is 9.95. The van der Waals surface area contributed by atoms with E-state index in [2.05, 4.69) is 10.6 Å². The Kier molecular flexibility index (Phi) is 7.21. The molecule has 0 saturated carbocycles. The minimum Gasteiger partial charge on any atom is -0.462 e. The van der Waals surface area contributed by atoms with E-state index in [0.717, 1.165) is 36.1 Å². The van der Waals surface area contributed by atoms with Crippen molar-refractivity contribution < 1.29 is 19.1 Å². The number of benzene rings is 1. The summed E-state index contributed by atoms with van der Waals surface area (Å²) in [5, 5.41) is 15.3. The molecule has 1 aliphatic carbocycles. The number of nitrogens with one attached hydrogen (secondary N) is 2. The highest BCUT2D eigenvalue weighted by Crippen LogP contribution is 2.38. The first kappa shape index (κ1) is 22.2. The molecular formula is C23H23N3O4S. The number of rotatable bonds is 6. The second-order valence-corrected chi connectivity index (χ2v) is 8.17. The number of hydrogen-bond donors (Lipinski definition) is 2. The van der Waals surface area contributed by atoms with Crippen LogP contribution in [0, 0.1) is 11.3 Å². The molecule has 1 aromatic heterocycles. The maximum atomic E-state index is 12.8. The van der Waals surface area contributed by atoms with E-state index in [4.69, 9.17) is 4.74 Å². The number of amides is 2. The van der Waals surface area contributed by atoms with E-state index < -0.39 is 11.9 Å². The largest absolute Gasteiger partial charge is 0.462 e. The number of fused-ring (bicyclic) bond motifs is 1. The first-order chi connectivity index (χ1) is 14.9. The van der Waals surface area contributed by atoms with Gasteiger partial charge in [0.15, 0.2) is 0 Å². The highest BCUT2D eigenvalue weighted by Gasteiger charge is 2.27. The van der Waals surface area contributed by atoms with Crippen molar-refractivity contribution in [2.24, 2.45) is 0 Å². The predicted molar refractivity (Wildman–Crippen MR) is 120 cm³/mol. The molecule has 0 bridgehead atoms. The van der Waals surface area contributed by atoms with E-state index in [1.807, 2.05) is 6.07 Å². The summed E-state index contributed by atoms with van der Waals surface area (Å²) >= 11 is 1.38. The van der Waals surface area contributed by atoms with Crippen LogP contribution in [-0.4, -0.2) is 24.4 Å². The molecule has 0 fully saturated rings. The SMILES string of the molecule is CCOC(=O)c1c(NC(=O)C(C#N)=Cc2ccc(NC(C)=O)cc2)sc2c1CCCC2. The smallest absolute Gasteiger partial charge is 0.341 e. The molecule has 3 rings (SSSR count). The van der Waals surface area contributed by atoms with Gasteiger partial charge in [0.1, 0.15) is 16.6 Å². The molecule has 2 aromatic rings. The van der Waals surface area contributed by atoms with E-state index >= 15 is 0 Å². The van der Waals surface area contributed by atoms with E-state index in [0.29, 0.717) is 21.8 Å². The number of aryl methyl sites for hydroxylation is 1. The fourth-order valence-electron chi connectivity index (χ4n) is 3.42. The Morgan fingerprint density at radius 2 is 1.87 bits per heavy atom. The van der Waals surface area contributed by atoms with E-state index in [1.165, 1.54) is 24.3 Å². The summed E-state index contributed by atoms with van der Waals surface area (Å²) < 4.78 is 5.20. The van der Waals surface area contributed by atoms with E-state index in [-0.39, 0.29) is 18.1 Å². The third-order valence-corrected chi connectivity index (χ3v) is 5.99. The third kappa shape index (κ3) is 5.38. The first-order valence-electron chi connectivity index (χ1n) is 10.0. The summed E-state index contributed by atoms with van der Waals surface area (Å²) in [6, 6.07) is 8.69. The number of carbonyl (C=O) groups is 3. The predicted octanol–water partition coefficient (Wildman–Crippen LogP) is 4.31. The number of anilines is 2. The zero-order valence-corrected chi connectivity index (χ0v) is 18.2. The van der Waals surface area contributed by atoms with Crippen molar-refractivity contribution in [1.82, 2.24) is 0 Å². The van der Waals surface area contributed by atoms with Crippen molar-refractivity contribution in [3.8, 4) is 6.07 Å². The summed E-state index contributed by atoms with van der Waals surface area (Å²) in [5.74, 6) is -1.22. The van der Waals surface area contributed by atoms with Crippen LogP contribution in [0.25, 0.3) is 6.08 Å². The summed E-state index contributed by atoms with van der Waals surface area (Å²) in [6.45, 7) is 3.40. The van der Waals surface area contributed by atoms with Crippen LogP contribution < -0.4 is 10.6 Å². The van der Waals surface area contributed by atoms with E-state index in [1.54, 1.807) is 31.2 Å². The number of esters is 1. The average molecular weight is 438 g/mol. The fourth-order valence-corrected chi connectivity index (χ4v) is 4.70. The van der Waals surface area contributed by atoms with Crippen LogP contribution in [-0.2, 0) is 27.2 Å². The number of ether oxygens (including phenoxy) is 1. The Hall–Kier alpha value is -3.44. The van der Waals surface area contributed by atoms with Crippen LogP contribution in [0.1, 0.15) is 53.1 Å². The van der Waals surface area contributed by atoms with Gasteiger partial charge in [-0.3, -0.25) is 9.59 Å². The molecular weight excluding hydrogens is 414 g/mol. The molecule has 160 valence electrons. The standard InChI is InChI=1S/C23H23N3O4S/c1-3-30-23(29)20-18-6-4-5-7-19(18)31-22(20)26-21(28)16(13-24)12-15-8-10-17(11-9-15)25-14(2)27/h8-12H,3-7H2,1-2H3,(H,25,27)(H,26,28). The van der Waals surface area contributed by atoms with Crippen LogP contribution in [0.2, 0.25) is 0 Å². The molecule has 0 unspecified atom stereocenters. The second kappa shape index (κ2) is 10.0. The van der Waals surface area contributed by atoms with Crippen LogP contribution in [0.15, 0.2) is 29.8 Å². The number of carbonyl (C=O) groups excluding carboxylic acids is 3. The lowest BCUT2D eigenvalue weighted by Crippen LogP contribution is -2.16. The molecule has 1 aromatic carbocycles. The Morgan fingerprint density at radius 1 is 1.16 bits per heavy atom. The van der Waals surface area contributed by atoms with Gasteiger partial charge in [-0.2, -0.15) is 5.26 Å². The highest BCUT2D eigenvalue weighted by atomic mass is 32.1. The number of thiophene rings is 1. The van der Waals surface area contributed by atoms with Gasteiger partial charge in [-0.25, -0.2) is 4.79 Å². The van der Waals surface area contributed by atoms with Gasteiger partial charge in [0.25, 0.3) is 5.91 Å². The van der Waals surface area contributed by atoms with Crippen LogP contribution in [0.5, 0.6) is 0 Å². The van der Waals surface area contributed by atoms with Gasteiger partial charge >= 0.3 is 5.97 Å². The Bertz CT molecular complexity index is 1080. The maximum Gasteiger partial charge on any atom is 0.341 e. The Labute approximate surface area is 184 Å². The lowest BCUT2D eigenvalue weighted by Gasteiger charge is -2.12. The molecule has 8 heteroatoms.